The van der Waals surface area contributed by atoms with Crippen molar-refractivity contribution in [2.24, 2.45) is 0 Å². The normalized spacial score (nSPS) is 12.4. The van der Waals surface area contributed by atoms with Crippen molar-refractivity contribution in [3.8, 4) is 5.75 Å². The number of methoxy groups -OCH3 is 1. The van der Waals surface area contributed by atoms with E-state index in [4.69, 9.17) is 14.2 Å². The van der Waals surface area contributed by atoms with Crippen LogP contribution in [0.5, 0.6) is 5.75 Å². The molecule has 0 aliphatic rings. The summed E-state index contributed by atoms with van der Waals surface area (Å²) in [7, 11) is 1.64. The van der Waals surface area contributed by atoms with Gasteiger partial charge in [0.05, 0.1) is 25.9 Å². The molecule has 1 unspecified atom stereocenters. The molecule has 0 heterocycles. The first-order valence-electron chi connectivity index (χ1n) is 6.25. The molecule has 0 saturated heterocycles. The molecule has 0 aromatic heterocycles. The lowest BCUT2D eigenvalue weighted by molar-refractivity contribution is 0.0475. The highest BCUT2D eigenvalue weighted by Gasteiger charge is 2.07. The molecular weight excluding hydrogens is 232 g/mol. The summed E-state index contributed by atoms with van der Waals surface area (Å²) in [6.07, 6.45) is 0.0840. The van der Waals surface area contributed by atoms with Gasteiger partial charge in [-0.15, -0.1) is 0 Å². The third kappa shape index (κ3) is 5.49. The Morgan fingerprint density at radius 3 is 2.44 bits per heavy atom. The number of hydrogen-bond acceptors (Lipinski definition) is 4. The van der Waals surface area contributed by atoms with E-state index in [-0.39, 0.29) is 0 Å². The van der Waals surface area contributed by atoms with E-state index in [0.29, 0.717) is 32.8 Å². The van der Waals surface area contributed by atoms with Gasteiger partial charge in [0.25, 0.3) is 0 Å². The molecule has 0 spiro atoms. The van der Waals surface area contributed by atoms with Crippen LogP contribution in [0.4, 0.5) is 0 Å². The first kappa shape index (κ1) is 15.0. The maximum absolute atomic E-state index is 9.95. The summed E-state index contributed by atoms with van der Waals surface area (Å²) in [6.45, 7) is 4.26. The van der Waals surface area contributed by atoms with Crippen molar-refractivity contribution in [3.05, 3.63) is 29.8 Å². The predicted molar refractivity (Wildman–Crippen MR) is 69.9 cm³/mol. The van der Waals surface area contributed by atoms with Crippen molar-refractivity contribution >= 4 is 0 Å². The minimum Gasteiger partial charge on any atom is -0.494 e. The topological polar surface area (TPSA) is 47.9 Å². The fourth-order valence-corrected chi connectivity index (χ4v) is 1.56. The van der Waals surface area contributed by atoms with E-state index in [1.54, 1.807) is 7.11 Å². The minimum atomic E-state index is -0.497. The van der Waals surface area contributed by atoms with Crippen molar-refractivity contribution in [3.63, 3.8) is 0 Å². The van der Waals surface area contributed by atoms with Gasteiger partial charge in [0, 0.05) is 20.1 Å². The maximum atomic E-state index is 9.95. The molecule has 0 saturated carbocycles. The lowest BCUT2D eigenvalue weighted by atomic mass is 10.1. The standard InChI is InChI=1S/C14H22O4/c1-3-18-13-6-4-12(5-7-13)14(15)8-9-17-11-10-16-2/h4-7,14-15H,3,8-11H2,1-2H3. The smallest absolute Gasteiger partial charge is 0.119 e. The SMILES string of the molecule is CCOc1ccc(C(O)CCOCCOC)cc1. The van der Waals surface area contributed by atoms with Crippen molar-refractivity contribution in [1.29, 1.82) is 0 Å². The zero-order chi connectivity index (χ0) is 13.2. The molecular formula is C14H22O4. The molecule has 4 heteroatoms. The fraction of sp³-hybridized carbons (Fsp3) is 0.571. The molecule has 1 aromatic rings. The number of aliphatic hydroxyl groups is 1. The molecule has 0 bridgehead atoms. The quantitative estimate of drug-likeness (QED) is 0.686. The molecule has 1 N–H and O–H groups in total. The van der Waals surface area contributed by atoms with E-state index >= 15 is 0 Å². The largest absolute Gasteiger partial charge is 0.494 e. The summed E-state index contributed by atoms with van der Waals surface area (Å²) < 4.78 is 15.5. The zero-order valence-electron chi connectivity index (χ0n) is 11.1. The Morgan fingerprint density at radius 1 is 1.11 bits per heavy atom. The molecule has 0 amide bonds. The molecule has 0 radical (unpaired) electrons. The van der Waals surface area contributed by atoms with Crippen LogP contribution in [0.3, 0.4) is 0 Å². The van der Waals surface area contributed by atoms with E-state index in [0.717, 1.165) is 11.3 Å². The highest BCUT2D eigenvalue weighted by atomic mass is 16.5. The lowest BCUT2D eigenvalue weighted by Gasteiger charge is -2.12. The van der Waals surface area contributed by atoms with Gasteiger partial charge >= 0.3 is 0 Å². The van der Waals surface area contributed by atoms with Crippen molar-refractivity contribution in [2.75, 3.05) is 33.5 Å². The van der Waals surface area contributed by atoms with Crippen LogP contribution in [0.15, 0.2) is 24.3 Å². The second-order valence-corrected chi connectivity index (χ2v) is 3.91. The number of ether oxygens (including phenoxy) is 3. The molecule has 1 rings (SSSR count). The first-order chi connectivity index (χ1) is 8.77. The van der Waals surface area contributed by atoms with Gasteiger partial charge in [-0.25, -0.2) is 0 Å². The third-order valence-electron chi connectivity index (χ3n) is 2.54. The summed E-state index contributed by atoms with van der Waals surface area (Å²) in [5.41, 5.74) is 0.883. The lowest BCUT2D eigenvalue weighted by Crippen LogP contribution is -2.07. The van der Waals surface area contributed by atoms with Crippen LogP contribution in [-0.2, 0) is 9.47 Å². The van der Waals surface area contributed by atoms with Gasteiger partial charge in [0.2, 0.25) is 0 Å². The summed E-state index contributed by atoms with van der Waals surface area (Å²) in [6, 6.07) is 7.50. The fourth-order valence-electron chi connectivity index (χ4n) is 1.56. The Hall–Kier alpha value is -1.10. The van der Waals surface area contributed by atoms with Gasteiger partial charge in [0.1, 0.15) is 5.75 Å². The Bertz CT molecular complexity index is 310. The van der Waals surface area contributed by atoms with Crippen molar-refractivity contribution in [1.82, 2.24) is 0 Å². The highest BCUT2D eigenvalue weighted by molar-refractivity contribution is 5.28. The third-order valence-corrected chi connectivity index (χ3v) is 2.54. The average Bonchev–Trinajstić information content (AvgIpc) is 2.39. The Kier molecular flexibility index (Phi) is 7.41. The van der Waals surface area contributed by atoms with Crippen LogP contribution in [0.2, 0.25) is 0 Å². The number of hydrogen-bond donors (Lipinski definition) is 1. The molecule has 0 aliphatic carbocycles. The molecule has 0 fully saturated rings. The van der Waals surface area contributed by atoms with Gasteiger partial charge in [-0.3, -0.25) is 0 Å². The van der Waals surface area contributed by atoms with Crippen LogP contribution in [0.25, 0.3) is 0 Å². The molecule has 18 heavy (non-hydrogen) atoms. The Morgan fingerprint density at radius 2 is 1.83 bits per heavy atom. The Balaban J connectivity index is 2.30. The summed E-state index contributed by atoms with van der Waals surface area (Å²) >= 11 is 0. The zero-order valence-corrected chi connectivity index (χ0v) is 11.1. The highest BCUT2D eigenvalue weighted by Crippen LogP contribution is 2.20. The van der Waals surface area contributed by atoms with E-state index < -0.39 is 6.10 Å². The van der Waals surface area contributed by atoms with Gasteiger partial charge in [-0.1, -0.05) is 12.1 Å². The van der Waals surface area contributed by atoms with Crippen LogP contribution in [0.1, 0.15) is 25.0 Å². The van der Waals surface area contributed by atoms with Crippen molar-refractivity contribution in [2.45, 2.75) is 19.4 Å². The Labute approximate surface area is 108 Å². The van der Waals surface area contributed by atoms with Crippen LogP contribution < -0.4 is 4.74 Å². The molecule has 4 nitrogen and oxygen atoms in total. The molecule has 102 valence electrons. The van der Waals surface area contributed by atoms with Gasteiger partial charge in [0.15, 0.2) is 0 Å². The summed E-state index contributed by atoms with van der Waals surface area (Å²) in [5.74, 6) is 0.824. The summed E-state index contributed by atoms with van der Waals surface area (Å²) in [5, 5.41) is 9.95. The monoisotopic (exact) mass is 254 g/mol. The average molecular weight is 254 g/mol. The van der Waals surface area contributed by atoms with E-state index in [1.807, 2.05) is 31.2 Å². The van der Waals surface area contributed by atoms with E-state index in [9.17, 15) is 5.11 Å². The van der Waals surface area contributed by atoms with Crippen LogP contribution >= 0.6 is 0 Å². The van der Waals surface area contributed by atoms with Crippen LogP contribution in [0, 0.1) is 0 Å². The molecule has 1 aromatic carbocycles. The van der Waals surface area contributed by atoms with E-state index in [1.165, 1.54) is 0 Å². The summed E-state index contributed by atoms with van der Waals surface area (Å²) in [4.78, 5) is 0. The minimum absolute atomic E-state index is 0.497. The van der Waals surface area contributed by atoms with Gasteiger partial charge < -0.3 is 19.3 Å². The van der Waals surface area contributed by atoms with E-state index in [2.05, 4.69) is 0 Å². The second kappa shape index (κ2) is 8.91. The number of rotatable bonds is 9. The van der Waals surface area contributed by atoms with Crippen molar-refractivity contribution < 1.29 is 19.3 Å². The first-order valence-corrected chi connectivity index (χ1v) is 6.25. The number of aliphatic hydroxyl groups excluding tert-OH is 1. The predicted octanol–water partition coefficient (Wildman–Crippen LogP) is 2.17. The van der Waals surface area contributed by atoms with Crippen LogP contribution in [-0.4, -0.2) is 38.6 Å². The molecule has 0 aliphatic heterocycles. The van der Waals surface area contributed by atoms with Gasteiger partial charge in [-0.2, -0.15) is 0 Å². The second-order valence-electron chi connectivity index (χ2n) is 3.91. The maximum Gasteiger partial charge on any atom is 0.119 e. The molecule has 1 atom stereocenters. The number of benzene rings is 1. The van der Waals surface area contributed by atoms with Gasteiger partial charge in [-0.05, 0) is 24.6 Å².